The number of carbonyl (C=O) groups excluding carboxylic acids is 2. The summed E-state index contributed by atoms with van der Waals surface area (Å²) in [6.07, 6.45) is 1.70. The van der Waals surface area contributed by atoms with Crippen LogP contribution in [0.1, 0.15) is 50.2 Å². The fourth-order valence-corrected chi connectivity index (χ4v) is 3.53. The summed E-state index contributed by atoms with van der Waals surface area (Å²) < 4.78 is 0. The Morgan fingerprint density at radius 1 is 1.19 bits per heavy atom. The molecule has 0 spiro atoms. The highest BCUT2D eigenvalue weighted by Gasteiger charge is 2.40. The van der Waals surface area contributed by atoms with Gasteiger partial charge < -0.3 is 5.32 Å². The van der Waals surface area contributed by atoms with Crippen molar-refractivity contribution in [3.8, 4) is 0 Å². The van der Waals surface area contributed by atoms with E-state index < -0.39 is 0 Å². The standard InChI is InChI=1S/C18H21NO2/c1-11-5-4-6-12(7-11)13-8-16(21)19-14-9-18(2,3)10-15(20)17(13)14/h4-7,13H,8-10H2,1-3H3,(H,19,21)/t13-/m1/s1. The number of Topliss-reactive ketones (excluding diaryl/α,β-unsaturated/α-hetero) is 1. The third kappa shape index (κ3) is 2.65. The first-order valence-electron chi connectivity index (χ1n) is 7.48. The molecule has 3 heteroatoms. The molecule has 3 rings (SSSR count). The van der Waals surface area contributed by atoms with E-state index in [4.69, 9.17) is 0 Å². The van der Waals surface area contributed by atoms with Crippen LogP contribution in [0.4, 0.5) is 0 Å². The molecule has 0 saturated carbocycles. The van der Waals surface area contributed by atoms with Crippen LogP contribution >= 0.6 is 0 Å². The molecule has 0 bridgehead atoms. The molecule has 1 aliphatic carbocycles. The maximum Gasteiger partial charge on any atom is 0.225 e. The number of rotatable bonds is 1. The molecule has 0 saturated heterocycles. The zero-order valence-corrected chi connectivity index (χ0v) is 12.8. The minimum atomic E-state index is -0.0859. The molecule has 0 unspecified atom stereocenters. The average molecular weight is 283 g/mol. The van der Waals surface area contributed by atoms with Crippen LogP contribution in [-0.2, 0) is 9.59 Å². The van der Waals surface area contributed by atoms with Gasteiger partial charge in [0.1, 0.15) is 0 Å². The number of hydrogen-bond donors (Lipinski definition) is 1. The van der Waals surface area contributed by atoms with Crippen LogP contribution in [0.5, 0.6) is 0 Å². The molecule has 110 valence electrons. The lowest BCUT2D eigenvalue weighted by Crippen LogP contribution is -2.40. The Bertz CT molecular complexity index is 655. The van der Waals surface area contributed by atoms with E-state index in [2.05, 4.69) is 25.2 Å². The number of hydrogen-bond acceptors (Lipinski definition) is 2. The number of allylic oxidation sites excluding steroid dienone is 2. The molecule has 3 nitrogen and oxygen atoms in total. The quantitative estimate of drug-likeness (QED) is 0.860. The Morgan fingerprint density at radius 3 is 2.67 bits per heavy atom. The minimum absolute atomic E-state index is 0.0192. The monoisotopic (exact) mass is 283 g/mol. The van der Waals surface area contributed by atoms with Crippen molar-refractivity contribution < 1.29 is 9.59 Å². The number of carbonyl (C=O) groups is 2. The molecule has 1 aromatic carbocycles. The number of aryl methyl sites for hydroxylation is 1. The summed E-state index contributed by atoms with van der Waals surface area (Å²) in [6.45, 7) is 6.20. The summed E-state index contributed by atoms with van der Waals surface area (Å²) in [5.41, 5.74) is 3.84. The van der Waals surface area contributed by atoms with Crippen molar-refractivity contribution >= 4 is 11.7 Å². The smallest absolute Gasteiger partial charge is 0.225 e. The number of amides is 1. The largest absolute Gasteiger partial charge is 0.329 e. The van der Waals surface area contributed by atoms with E-state index in [1.165, 1.54) is 0 Å². The van der Waals surface area contributed by atoms with Gasteiger partial charge in [-0.2, -0.15) is 0 Å². The van der Waals surface area contributed by atoms with E-state index in [0.29, 0.717) is 12.8 Å². The Hall–Kier alpha value is -1.90. The second kappa shape index (κ2) is 4.83. The summed E-state index contributed by atoms with van der Waals surface area (Å²) in [6, 6.07) is 8.14. The van der Waals surface area contributed by atoms with Crippen molar-refractivity contribution in [1.29, 1.82) is 0 Å². The third-order valence-corrected chi connectivity index (χ3v) is 4.39. The van der Waals surface area contributed by atoms with Gasteiger partial charge in [0.15, 0.2) is 5.78 Å². The number of benzene rings is 1. The van der Waals surface area contributed by atoms with Crippen molar-refractivity contribution in [2.45, 2.75) is 46.0 Å². The molecular weight excluding hydrogens is 262 g/mol. The van der Waals surface area contributed by atoms with Gasteiger partial charge in [-0.25, -0.2) is 0 Å². The Morgan fingerprint density at radius 2 is 1.95 bits per heavy atom. The maximum atomic E-state index is 12.6. The van der Waals surface area contributed by atoms with Gasteiger partial charge in [0.25, 0.3) is 0 Å². The highest BCUT2D eigenvalue weighted by molar-refractivity contribution is 6.02. The SMILES string of the molecule is Cc1cccc([C@H]2CC(=O)NC3=C2C(=O)CC(C)(C)C3)c1. The van der Waals surface area contributed by atoms with Crippen LogP contribution in [0.15, 0.2) is 35.5 Å². The molecule has 0 fully saturated rings. The van der Waals surface area contributed by atoms with Gasteiger partial charge in [0.2, 0.25) is 5.91 Å². The lowest BCUT2D eigenvalue weighted by Gasteiger charge is -2.37. The second-order valence-corrected chi connectivity index (χ2v) is 7.05. The van der Waals surface area contributed by atoms with Gasteiger partial charge in [-0.15, -0.1) is 0 Å². The molecule has 1 aliphatic heterocycles. The molecule has 1 N–H and O–H groups in total. The summed E-state index contributed by atoms with van der Waals surface area (Å²) in [7, 11) is 0. The van der Waals surface area contributed by atoms with Gasteiger partial charge >= 0.3 is 0 Å². The van der Waals surface area contributed by atoms with Crippen LogP contribution in [0.25, 0.3) is 0 Å². The molecule has 0 aromatic heterocycles. The van der Waals surface area contributed by atoms with Gasteiger partial charge in [0, 0.05) is 30.0 Å². The first kappa shape index (κ1) is 14.1. The first-order chi connectivity index (χ1) is 9.85. The second-order valence-electron chi connectivity index (χ2n) is 7.05. The number of nitrogens with one attached hydrogen (secondary N) is 1. The minimum Gasteiger partial charge on any atom is -0.329 e. The molecular formula is C18H21NO2. The lowest BCUT2D eigenvalue weighted by molar-refractivity contribution is -0.122. The van der Waals surface area contributed by atoms with Crippen LogP contribution in [0.3, 0.4) is 0 Å². The lowest BCUT2D eigenvalue weighted by atomic mass is 9.70. The topological polar surface area (TPSA) is 46.2 Å². The Labute approximate surface area is 125 Å². The summed E-state index contributed by atoms with van der Waals surface area (Å²) in [5, 5.41) is 2.94. The van der Waals surface area contributed by atoms with Crippen molar-refractivity contribution in [1.82, 2.24) is 5.32 Å². The Kier molecular flexibility index (Phi) is 3.23. The first-order valence-corrected chi connectivity index (χ1v) is 7.48. The zero-order chi connectivity index (χ0) is 15.2. The molecule has 1 aromatic rings. The van der Waals surface area contributed by atoms with E-state index >= 15 is 0 Å². The van der Waals surface area contributed by atoms with Crippen LogP contribution in [-0.4, -0.2) is 11.7 Å². The van der Waals surface area contributed by atoms with Gasteiger partial charge in [-0.1, -0.05) is 43.7 Å². The highest BCUT2D eigenvalue weighted by atomic mass is 16.2. The molecule has 1 heterocycles. The van der Waals surface area contributed by atoms with E-state index in [1.807, 2.05) is 25.1 Å². The van der Waals surface area contributed by atoms with Crippen LogP contribution in [0.2, 0.25) is 0 Å². The molecule has 1 atom stereocenters. The normalized spacial score (nSPS) is 24.6. The van der Waals surface area contributed by atoms with Crippen molar-refractivity contribution in [3.05, 3.63) is 46.7 Å². The van der Waals surface area contributed by atoms with Crippen LogP contribution in [0, 0.1) is 12.3 Å². The third-order valence-electron chi connectivity index (χ3n) is 4.39. The van der Waals surface area contributed by atoms with E-state index in [0.717, 1.165) is 28.8 Å². The summed E-state index contributed by atoms with van der Waals surface area (Å²) in [4.78, 5) is 24.7. The van der Waals surface area contributed by atoms with E-state index in [1.54, 1.807) is 0 Å². The molecule has 2 aliphatic rings. The predicted octanol–water partition coefficient (Wildman–Crippen LogP) is 3.24. The fraction of sp³-hybridized carbons (Fsp3) is 0.444. The molecule has 0 radical (unpaired) electrons. The molecule has 21 heavy (non-hydrogen) atoms. The van der Waals surface area contributed by atoms with Crippen LogP contribution < -0.4 is 5.32 Å². The highest BCUT2D eigenvalue weighted by Crippen LogP contribution is 2.43. The number of ketones is 1. The van der Waals surface area contributed by atoms with Crippen molar-refractivity contribution in [2.24, 2.45) is 5.41 Å². The maximum absolute atomic E-state index is 12.6. The van der Waals surface area contributed by atoms with E-state index in [9.17, 15) is 9.59 Å². The average Bonchev–Trinajstić information content (AvgIpc) is 2.35. The van der Waals surface area contributed by atoms with E-state index in [-0.39, 0.29) is 23.0 Å². The van der Waals surface area contributed by atoms with Gasteiger partial charge in [0.05, 0.1) is 0 Å². The van der Waals surface area contributed by atoms with Gasteiger partial charge in [-0.3, -0.25) is 9.59 Å². The van der Waals surface area contributed by atoms with Gasteiger partial charge in [-0.05, 0) is 24.3 Å². The van der Waals surface area contributed by atoms with Crippen molar-refractivity contribution in [3.63, 3.8) is 0 Å². The summed E-state index contributed by atoms with van der Waals surface area (Å²) >= 11 is 0. The Balaban J connectivity index is 2.08. The summed E-state index contributed by atoms with van der Waals surface area (Å²) in [5.74, 6) is 0.121. The zero-order valence-electron chi connectivity index (χ0n) is 12.8. The molecule has 1 amide bonds. The predicted molar refractivity (Wildman–Crippen MR) is 81.7 cm³/mol. The fourth-order valence-electron chi connectivity index (χ4n) is 3.53. The van der Waals surface area contributed by atoms with Crippen molar-refractivity contribution in [2.75, 3.05) is 0 Å².